The maximum atomic E-state index is 12.1. The Kier molecular flexibility index (Phi) is 7.22. The van der Waals surface area contributed by atoms with E-state index in [9.17, 15) is 4.79 Å². The molecule has 0 heterocycles. The van der Waals surface area contributed by atoms with Crippen LogP contribution in [0.5, 0.6) is 0 Å². The highest BCUT2D eigenvalue weighted by Gasteiger charge is 2.38. The quantitative estimate of drug-likeness (QED) is 0.494. The lowest BCUT2D eigenvalue weighted by atomic mass is 9.94. The van der Waals surface area contributed by atoms with Crippen molar-refractivity contribution in [1.29, 1.82) is 0 Å². The van der Waals surface area contributed by atoms with Gasteiger partial charge in [0.25, 0.3) is 0 Å². The molecule has 1 atom stereocenters. The summed E-state index contributed by atoms with van der Waals surface area (Å²) in [5, 5.41) is 4.17. The topological polar surface area (TPSA) is 38.3 Å². The van der Waals surface area contributed by atoms with Crippen molar-refractivity contribution in [2.24, 2.45) is 0 Å². The van der Waals surface area contributed by atoms with Gasteiger partial charge in [0, 0.05) is 6.04 Å². The van der Waals surface area contributed by atoms with E-state index in [-0.39, 0.29) is 5.97 Å². The van der Waals surface area contributed by atoms with Crippen molar-refractivity contribution in [3.8, 4) is 0 Å². The third-order valence-electron chi connectivity index (χ3n) is 3.35. The Morgan fingerprint density at radius 1 is 1.42 bits per heavy atom. The molecule has 0 spiro atoms. The summed E-state index contributed by atoms with van der Waals surface area (Å²) in [5.74, 6) is 1.10. The van der Waals surface area contributed by atoms with Gasteiger partial charge in [0.1, 0.15) is 5.54 Å². The zero-order chi connectivity index (χ0) is 14.3. The number of carbonyl (C=O) groups excluding carboxylic acids is 1. The van der Waals surface area contributed by atoms with E-state index in [0.717, 1.165) is 12.8 Å². The van der Waals surface area contributed by atoms with Crippen molar-refractivity contribution in [2.75, 3.05) is 12.4 Å². The first kappa shape index (κ1) is 16.8. The second-order valence-corrected chi connectivity index (χ2v) is 7.53. The number of nitrogens with one attached hydrogen (secondary N) is 1. The molecule has 1 aliphatic rings. The van der Waals surface area contributed by atoms with Gasteiger partial charge in [0.15, 0.2) is 0 Å². The monoisotopic (exact) mass is 287 g/mol. The third kappa shape index (κ3) is 6.66. The molecule has 1 N–H and O–H groups in total. The van der Waals surface area contributed by atoms with Crippen LogP contribution in [0.3, 0.4) is 0 Å². The molecule has 1 aliphatic carbocycles. The lowest BCUT2D eigenvalue weighted by Gasteiger charge is -2.28. The standard InChI is InChI=1S/C15H29NO2S/c1-5-18-14(17)15(4,16-13-8-9-13)10-6-7-11-19-12(2)3/h12-13,16H,5-11H2,1-4H3. The summed E-state index contributed by atoms with van der Waals surface area (Å²) in [4.78, 5) is 12.1. The summed E-state index contributed by atoms with van der Waals surface area (Å²) < 4.78 is 5.22. The van der Waals surface area contributed by atoms with E-state index < -0.39 is 5.54 Å². The molecular weight excluding hydrogens is 258 g/mol. The third-order valence-corrected chi connectivity index (χ3v) is 4.54. The van der Waals surface area contributed by atoms with Crippen molar-refractivity contribution in [3.63, 3.8) is 0 Å². The SMILES string of the molecule is CCOC(=O)C(C)(CCCCSC(C)C)NC1CC1. The molecule has 0 aromatic carbocycles. The number of thioether (sulfide) groups is 1. The van der Waals surface area contributed by atoms with Gasteiger partial charge < -0.3 is 4.74 Å². The predicted molar refractivity (Wildman–Crippen MR) is 82.6 cm³/mol. The lowest BCUT2D eigenvalue weighted by molar-refractivity contribution is -0.151. The minimum Gasteiger partial charge on any atom is -0.465 e. The van der Waals surface area contributed by atoms with E-state index in [1.807, 2.05) is 25.6 Å². The Morgan fingerprint density at radius 2 is 2.11 bits per heavy atom. The van der Waals surface area contributed by atoms with E-state index in [1.54, 1.807) is 0 Å². The van der Waals surface area contributed by atoms with E-state index >= 15 is 0 Å². The van der Waals surface area contributed by atoms with E-state index in [1.165, 1.54) is 25.0 Å². The maximum absolute atomic E-state index is 12.1. The number of unbranched alkanes of at least 4 members (excludes halogenated alkanes) is 1. The van der Waals surface area contributed by atoms with Crippen molar-refractivity contribution in [1.82, 2.24) is 5.32 Å². The van der Waals surface area contributed by atoms with Crippen molar-refractivity contribution in [3.05, 3.63) is 0 Å². The van der Waals surface area contributed by atoms with Gasteiger partial charge in [-0.05, 0) is 50.5 Å². The zero-order valence-corrected chi connectivity index (χ0v) is 13.6. The Bertz CT molecular complexity index is 279. The fraction of sp³-hybridized carbons (Fsp3) is 0.933. The minimum absolute atomic E-state index is 0.0848. The van der Waals surface area contributed by atoms with Gasteiger partial charge >= 0.3 is 5.97 Å². The molecule has 0 aromatic rings. The molecule has 1 unspecified atom stereocenters. The van der Waals surface area contributed by atoms with Crippen LogP contribution in [0.2, 0.25) is 0 Å². The molecule has 0 aliphatic heterocycles. The number of esters is 1. The van der Waals surface area contributed by atoms with Crippen LogP contribution in [0.1, 0.15) is 59.8 Å². The zero-order valence-electron chi connectivity index (χ0n) is 12.8. The highest BCUT2D eigenvalue weighted by molar-refractivity contribution is 7.99. The number of rotatable bonds is 10. The summed E-state index contributed by atoms with van der Waals surface area (Å²) in [6.45, 7) is 8.78. The molecule has 19 heavy (non-hydrogen) atoms. The molecule has 0 bridgehead atoms. The highest BCUT2D eigenvalue weighted by atomic mass is 32.2. The van der Waals surface area contributed by atoms with Crippen LogP contribution in [0.4, 0.5) is 0 Å². The van der Waals surface area contributed by atoms with Crippen molar-refractivity contribution in [2.45, 2.75) is 76.6 Å². The van der Waals surface area contributed by atoms with Crippen LogP contribution in [0.25, 0.3) is 0 Å². The molecule has 4 heteroatoms. The first-order valence-corrected chi connectivity index (χ1v) is 8.59. The Hall–Kier alpha value is -0.220. The Labute approximate surface area is 122 Å². The van der Waals surface area contributed by atoms with Gasteiger partial charge in [0.05, 0.1) is 6.61 Å². The van der Waals surface area contributed by atoms with Crippen LogP contribution in [0, 0.1) is 0 Å². The summed E-state index contributed by atoms with van der Waals surface area (Å²) in [7, 11) is 0. The van der Waals surface area contributed by atoms with Crippen LogP contribution in [0.15, 0.2) is 0 Å². The van der Waals surface area contributed by atoms with Crippen LogP contribution >= 0.6 is 11.8 Å². The van der Waals surface area contributed by atoms with Gasteiger partial charge in [-0.15, -0.1) is 0 Å². The first-order valence-electron chi connectivity index (χ1n) is 7.54. The smallest absolute Gasteiger partial charge is 0.326 e. The summed E-state index contributed by atoms with van der Waals surface area (Å²) in [6, 6.07) is 0.527. The molecule has 0 radical (unpaired) electrons. The molecule has 0 aromatic heterocycles. The normalized spacial score (nSPS) is 18.4. The van der Waals surface area contributed by atoms with Crippen LogP contribution in [-0.4, -0.2) is 35.2 Å². The fourth-order valence-electron chi connectivity index (χ4n) is 2.10. The molecule has 0 amide bonds. The Morgan fingerprint density at radius 3 is 2.63 bits per heavy atom. The van der Waals surface area contributed by atoms with Crippen molar-refractivity contribution < 1.29 is 9.53 Å². The molecular formula is C15H29NO2S. The van der Waals surface area contributed by atoms with E-state index in [2.05, 4.69) is 19.2 Å². The molecule has 1 saturated carbocycles. The number of carbonyl (C=O) groups is 1. The second kappa shape index (κ2) is 8.15. The highest BCUT2D eigenvalue weighted by Crippen LogP contribution is 2.26. The van der Waals surface area contributed by atoms with Gasteiger partial charge in [-0.1, -0.05) is 20.3 Å². The lowest BCUT2D eigenvalue weighted by Crippen LogP contribution is -2.51. The van der Waals surface area contributed by atoms with Crippen LogP contribution < -0.4 is 5.32 Å². The van der Waals surface area contributed by atoms with Crippen LogP contribution in [-0.2, 0) is 9.53 Å². The first-order chi connectivity index (χ1) is 8.98. The molecule has 112 valence electrons. The predicted octanol–water partition coefficient (Wildman–Crippen LogP) is 3.37. The van der Waals surface area contributed by atoms with E-state index in [4.69, 9.17) is 4.74 Å². The number of hydrogen-bond donors (Lipinski definition) is 1. The largest absolute Gasteiger partial charge is 0.465 e. The number of hydrogen-bond acceptors (Lipinski definition) is 4. The van der Waals surface area contributed by atoms with Gasteiger partial charge in [-0.3, -0.25) is 10.1 Å². The number of ether oxygens (including phenoxy) is 1. The minimum atomic E-state index is -0.486. The summed E-state index contributed by atoms with van der Waals surface area (Å²) in [6.07, 6.45) is 5.51. The molecule has 0 saturated heterocycles. The summed E-state index contributed by atoms with van der Waals surface area (Å²) in [5.41, 5.74) is -0.486. The van der Waals surface area contributed by atoms with Gasteiger partial charge in [-0.25, -0.2) is 0 Å². The van der Waals surface area contributed by atoms with E-state index in [0.29, 0.717) is 17.9 Å². The van der Waals surface area contributed by atoms with Gasteiger partial charge in [-0.2, -0.15) is 11.8 Å². The summed E-state index contributed by atoms with van der Waals surface area (Å²) >= 11 is 1.99. The molecule has 1 rings (SSSR count). The fourth-order valence-corrected chi connectivity index (χ4v) is 2.94. The molecule has 1 fully saturated rings. The second-order valence-electron chi connectivity index (χ2n) is 5.85. The van der Waals surface area contributed by atoms with Crippen molar-refractivity contribution >= 4 is 17.7 Å². The molecule has 3 nitrogen and oxygen atoms in total. The van der Waals surface area contributed by atoms with Gasteiger partial charge in [0.2, 0.25) is 0 Å². The maximum Gasteiger partial charge on any atom is 0.326 e. The average molecular weight is 287 g/mol. The average Bonchev–Trinajstić information content (AvgIpc) is 3.12. The Balaban J connectivity index is 2.33.